The fraction of sp³-hybridized carbons (Fsp3) is 0.583. The van der Waals surface area contributed by atoms with Crippen LogP contribution in [0.4, 0.5) is 13.2 Å². The minimum absolute atomic E-state index is 0.0823. The zero-order valence-corrected chi connectivity index (χ0v) is 26.7. The van der Waals surface area contributed by atoms with E-state index in [1.807, 2.05) is 24.3 Å². The van der Waals surface area contributed by atoms with E-state index in [-0.39, 0.29) is 36.5 Å². The smallest absolute Gasteiger partial charge is 0.405 e. The number of fused-ring (bicyclic) bond motifs is 8. The van der Waals surface area contributed by atoms with Crippen molar-refractivity contribution in [2.75, 3.05) is 0 Å². The average molecular weight is 691 g/mol. The van der Waals surface area contributed by atoms with Crippen LogP contribution in [-0.4, -0.2) is 61.6 Å². The molecule has 0 aromatic carbocycles. The molecule has 8 aliphatic rings. The quantitative estimate of drug-likeness (QED) is 0.192. The molecule has 0 amide bonds. The van der Waals surface area contributed by atoms with Crippen LogP contribution in [0.1, 0.15) is 57.8 Å². The third-order valence-electron chi connectivity index (χ3n) is 11.7. The van der Waals surface area contributed by atoms with E-state index in [9.17, 15) is 37.1 Å². The van der Waals surface area contributed by atoms with Crippen LogP contribution in [-0.2, 0) is 24.0 Å². The van der Waals surface area contributed by atoms with Gasteiger partial charge in [0.2, 0.25) is 0 Å². The second-order valence-corrected chi connectivity index (χ2v) is 14.6. The first-order chi connectivity index (χ1) is 22.9. The summed E-state index contributed by atoms with van der Waals surface area (Å²) in [6.45, 7) is 0. The molecule has 3 saturated carbocycles. The van der Waals surface area contributed by atoms with Gasteiger partial charge in [0.15, 0.2) is 5.41 Å². The number of halogens is 3. The minimum Gasteiger partial charge on any atom is -0.481 e. The molecule has 49 heavy (non-hydrogen) atoms. The summed E-state index contributed by atoms with van der Waals surface area (Å²) in [6.07, 6.45) is 17.4. The summed E-state index contributed by atoms with van der Waals surface area (Å²) in [5, 5.41) is 43.8. The summed E-state index contributed by atoms with van der Waals surface area (Å²) in [6, 6.07) is 0. The highest BCUT2D eigenvalue weighted by atomic mass is 19.4. The minimum atomic E-state index is -4.65. The van der Waals surface area contributed by atoms with E-state index >= 15 is 0 Å². The Bertz CT molecular complexity index is 1520. The van der Waals surface area contributed by atoms with Crippen LogP contribution in [0.2, 0.25) is 0 Å². The Kier molecular flexibility index (Phi) is 10.0. The second kappa shape index (κ2) is 13.6. The van der Waals surface area contributed by atoms with Gasteiger partial charge in [0.1, 0.15) is 0 Å². The number of rotatable bonds is 7. The molecular formula is C36H41F3O10. The van der Waals surface area contributed by atoms with Crippen LogP contribution in [0.15, 0.2) is 60.3 Å². The first-order valence-electron chi connectivity index (χ1n) is 16.6. The monoisotopic (exact) mass is 690 g/mol. The Hall–Kier alpha value is -4.16. The lowest BCUT2D eigenvalue weighted by Crippen LogP contribution is -2.48. The van der Waals surface area contributed by atoms with E-state index in [0.29, 0.717) is 48.5 Å². The van der Waals surface area contributed by atoms with E-state index in [1.165, 1.54) is 12.5 Å². The largest absolute Gasteiger partial charge is 0.481 e. The van der Waals surface area contributed by atoms with Crippen LogP contribution >= 0.6 is 0 Å². The highest BCUT2D eigenvalue weighted by Gasteiger charge is 2.69. The Morgan fingerprint density at radius 2 is 1.31 bits per heavy atom. The number of hydrogen-bond acceptors (Lipinski definition) is 5. The number of hydrogen-bond donors (Lipinski definition) is 5. The first-order valence-corrected chi connectivity index (χ1v) is 16.6. The molecule has 0 aromatic heterocycles. The molecule has 5 N–H and O–H groups in total. The van der Waals surface area contributed by atoms with Crippen molar-refractivity contribution < 1.29 is 62.7 Å². The second-order valence-electron chi connectivity index (χ2n) is 14.6. The molecule has 266 valence electrons. The molecule has 0 heterocycles. The van der Waals surface area contributed by atoms with Gasteiger partial charge in [-0.15, -0.1) is 0 Å². The van der Waals surface area contributed by atoms with Gasteiger partial charge in [-0.25, -0.2) is 4.79 Å². The van der Waals surface area contributed by atoms with E-state index in [0.717, 1.165) is 19.3 Å². The third-order valence-corrected chi connectivity index (χ3v) is 11.7. The predicted molar refractivity (Wildman–Crippen MR) is 167 cm³/mol. The zero-order chi connectivity index (χ0) is 35.9. The van der Waals surface area contributed by atoms with Crippen LogP contribution in [0.3, 0.4) is 0 Å². The van der Waals surface area contributed by atoms with Crippen molar-refractivity contribution in [3.63, 3.8) is 0 Å². The molecular weight excluding hydrogens is 649 g/mol. The standard InChI is InChI=1S/C10H12O4.C9H9F3O2.C9H12O2.C8H8O2/c11-8(12)5-10(9(13)14)4-6-1-2-7(10)3-6;10-9(11,12)8(7(13)14)4-5-1-2-6(8)3-5;10-9(11)5-8-4-6-1-2-7(8)3-6;9-8(10)7-4-5-1-2-6(7)3-5/h1-2,6-7H,3-5H2,(H,11,12)(H,13,14);1-2,5-6H,3-4H2,(H,13,14);1-2,6-8H,3-5H2,(H,10,11);1-2,4-6H,3H2,(H,9,10). The summed E-state index contributed by atoms with van der Waals surface area (Å²) < 4.78 is 38.1. The molecule has 13 heteroatoms. The lowest BCUT2D eigenvalue weighted by atomic mass is 9.73. The topological polar surface area (TPSA) is 186 Å². The molecule has 11 unspecified atom stereocenters. The van der Waals surface area contributed by atoms with Crippen molar-refractivity contribution in [3.8, 4) is 0 Å². The fourth-order valence-electron chi connectivity index (χ4n) is 9.32. The summed E-state index contributed by atoms with van der Waals surface area (Å²) in [4.78, 5) is 53.5. The Morgan fingerprint density at radius 1 is 0.673 bits per heavy atom. The number of carboxylic acid groups (broad SMARTS) is 5. The highest BCUT2D eigenvalue weighted by Crippen LogP contribution is 2.60. The lowest BCUT2D eigenvalue weighted by molar-refractivity contribution is -0.238. The average Bonchev–Trinajstić information content (AvgIpc) is 3.86. The van der Waals surface area contributed by atoms with Crippen LogP contribution in [0, 0.1) is 64.1 Å². The van der Waals surface area contributed by atoms with Gasteiger partial charge in [0.25, 0.3) is 0 Å². The molecule has 8 rings (SSSR count). The molecule has 0 spiro atoms. The highest BCUT2D eigenvalue weighted by molar-refractivity contribution is 5.89. The molecule has 0 saturated heterocycles. The number of carbonyl (C=O) groups is 5. The van der Waals surface area contributed by atoms with Gasteiger partial charge in [0.05, 0.1) is 11.8 Å². The summed E-state index contributed by atoms with van der Waals surface area (Å²) in [5.41, 5.74) is -2.97. The third kappa shape index (κ3) is 7.12. The molecule has 8 aliphatic carbocycles. The van der Waals surface area contributed by atoms with Crippen molar-refractivity contribution in [1.82, 2.24) is 0 Å². The normalized spacial score (nSPS) is 38.7. The maximum atomic E-state index is 12.7. The zero-order valence-electron chi connectivity index (χ0n) is 26.7. The van der Waals surface area contributed by atoms with Crippen molar-refractivity contribution in [3.05, 3.63) is 60.3 Å². The molecule has 10 nitrogen and oxygen atoms in total. The maximum Gasteiger partial charge on any atom is 0.405 e. The van der Waals surface area contributed by atoms with Crippen LogP contribution in [0.5, 0.6) is 0 Å². The predicted octanol–water partition coefficient (Wildman–Crippen LogP) is 6.22. The van der Waals surface area contributed by atoms with E-state index in [2.05, 4.69) is 18.2 Å². The summed E-state index contributed by atoms with van der Waals surface area (Å²) in [5.74, 6) is -3.67. The SMILES string of the molecule is O=C(O)C1(C(F)(F)F)CC2C=CC1C2.O=C(O)C1=CC2C=CC1C2.O=C(O)CC1(C(=O)O)CC2C=CC1C2.O=C(O)CC1CC2C=CC1C2. The maximum absolute atomic E-state index is 12.7. The molecule has 11 atom stereocenters. The van der Waals surface area contributed by atoms with Gasteiger partial charge >= 0.3 is 36.0 Å². The van der Waals surface area contributed by atoms with E-state index in [4.69, 9.17) is 25.5 Å². The number of carboxylic acids is 5. The summed E-state index contributed by atoms with van der Waals surface area (Å²) >= 11 is 0. The molecule has 3 fully saturated rings. The van der Waals surface area contributed by atoms with Gasteiger partial charge in [-0.3, -0.25) is 19.2 Å². The van der Waals surface area contributed by atoms with E-state index in [1.54, 1.807) is 6.08 Å². The molecule has 0 radical (unpaired) electrons. The lowest BCUT2D eigenvalue weighted by Gasteiger charge is -2.32. The molecule has 8 bridgehead atoms. The van der Waals surface area contributed by atoms with Crippen molar-refractivity contribution >= 4 is 29.8 Å². The van der Waals surface area contributed by atoms with Gasteiger partial charge in [-0.1, -0.05) is 54.7 Å². The van der Waals surface area contributed by atoms with Crippen LogP contribution < -0.4 is 0 Å². The van der Waals surface area contributed by atoms with Gasteiger partial charge < -0.3 is 25.5 Å². The Labute approximate surface area is 280 Å². The van der Waals surface area contributed by atoms with E-state index < -0.39 is 52.8 Å². The van der Waals surface area contributed by atoms with Gasteiger partial charge in [-0.2, -0.15) is 13.2 Å². The van der Waals surface area contributed by atoms with Crippen molar-refractivity contribution in [2.24, 2.45) is 64.1 Å². The van der Waals surface area contributed by atoms with Crippen molar-refractivity contribution in [1.29, 1.82) is 0 Å². The number of alkyl halides is 3. The van der Waals surface area contributed by atoms with Crippen molar-refractivity contribution in [2.45, 2.75) is 64.0 Å². The fourth-order valence-corrected chi connectivity index (χ4v) is 9.32. The molecule has 0 aromatic rings. The van der Waals surface area contributed by atoms with Gasteiger partial charge in [-0.05, 0) is 86.4 Å². The Morgan fingerprint density at radius 3 is 1.61 bits per heavy atom. The molecule has 0 aliphatic heterocycles. The first kappa shape index (κ1) is 36.1. The summed E-state index contributed by atoms with van der Waals surface area (Å²) in [7, 11) is 0. The van der Waals surface area contributed by atoms with Gasteiger partial charge in [0, 0.05) is 23.8 Å². The van der Waals surface area contributed by atoms with Crippen LogP contribution in [0.25, 0.3) is 0 Å². The number of allylic oxidation sites excluding steroid dienone is 9. The number of aliphatic carboxylic acids is 5. The Balaban J connectivity index is 0.000000129.